The van der Waals surface area contributed by atoms with E-state index in [4.69, 9.17) is 5.73 Å². The van der Waals surface area contributed by atoms with E-state index in [1.54, 1.807) is 6.92 Å². The fraction of sp³-hybridized carbons (Fsp3) is 0.250. The second kappa shape index (κ2) is 5.89. The fourth-order valence-electron chi connectivity index (χ4n) is 1.17. The molecule has 84 valence electrons. The molecule has 1 rings (SSSR count). The van der Waals surface area contributed by atoms with E-state index in [-0.39, 0.29) is 23.6 Å². The van der Waals surface area contributed by atoms with E-state index in [2.05, 4.69) is 17.2 Å². The molecule has 0 aromatic heterocycles. The number of nitrogens with two attached hydrogens (primary N) is 1. The highest BCUT2D eigenvalue weighted by Gasteiger charge is 2.07. The summed E-state index contributed by atoms with van der Waals surface area (Å²) in [5, 5.41) is 2.59. The predicted octanol–water partition coefficient (Wildman–Crippen LogP) is 0.886. The number of hydrogen-bond acceptors (Lipinski definition) is 2. The van der Waals surface area contributed by atoms with Gasteiger partial charge < -0.3 is 11.1 Å². The molecular weight excluding hydrogens is 207 g/mol. The minimum absolute atomic E-state index is 0.178. The number of benzene rings is 1. The summed E-state index contributed by atoms with van der Waals surface area (Å²) < 4.78 is 13.5. The SMILES string of the molecule is CCNC(=O)c1ccc(C#CCN)c(F)c1. The van der Waals surface area contributed by atoms with Crippen molar-refractivity contribution in [2.75, 3.05) is 13.1 Å². The summed E-state index contributed by atoms with van der Waals surface area (Å²) in [4.78, 5) is 11.4. The topological polar surface area (TPSA) is 55.1 Å². The Balaban J connectivity index is 2.95. The quantitative estimate of drug-likeness (QED) is 0.727. The lowest BCUT2D eigenvalue weighted by molar-refractivity contribution is 0.0955. The van der Waals surface area contributed by atoms with Crippen LogP contribution < -0.4 is 11.1 Å². The van der Waals surface area contributed by atoms with E-state index < -0.39 is 5.82 Å². The molecule has 0 aliphatic heterocycles. The number of amides is 1. The van der Waals surface area contributed by atoms with Crippen molar-refractivity contribution in [3.05, 3.63) is 35.1 Å². The second-order valence-corrected chi connectivity index (χ2v) is 3.06. The first-order valence-corrected chi connectivity index (χ1v) is 4.95. The maximum Gasteiger partial charge on any atom is 0.251 e. The molecule has 16 heavy (non-hydrogen) atoms. The van der Waals surface area contributed by atoms with Crippen molar-refractivity contribution in [2.45, 2.75) is 6.92 Å². The lowest BCUT2D eigenvalue weighted by Gasteiger charge is -2.02. The van der Waals surface area contributed by atoms with Gasteiger partial charge in [-0.25, -0.2) is 4.39 Å². The van der Waals surface area contributed by atoms with Crippen molar-refractivity contribution in [3.8, 4) is 11.8 Å². The predicted molar refractivity (Wildman–Crippen MR) is 60.3 cm³/mol. The van der Waals surface area contributed by atoms with Gasteiger partial charge in [0.2, 0.25) is 0 Å². The van der Waals surface area contributed by atoms with Crippen molar-refractivity contribution < 1.29 is 9.18 Å². The molecule has 0 radical (unpaired) electrons. The molecule has 3 nitrogen and oxygen atoms in total. The number of carbonyl (C=O) groups is 1. The molecule has 0 unspecified atom stereocenters. The van der Waals surface area contributed by atoms with E-state index in [9.17, 15) is 9.18 Å². The number of carbonyl (C=O) groups excluding carboxylic acids is 1. The van der Waals surface area contributed by atoms with Gasteiger partial charge in [-0.15, -0.1) is 0 Å². The Hall–Kier alpha value is -1.86. The average molecular weight is 220 g/mol. The van der Waals surface area contributed by atoms with Gasteiger partial charge in [0.15, 0.2) is 0 Å². The Kier molecular flexibility index (Phi) is 4.49. The lowest BCUT2D eigenvalue weighted by atomic mass is 10.1. The van der Waals surface area contributed by atoms with Gasteiger partial charge >= 0.3 is 0 Å². The highest BCUT2D eigenvalue weighted by atomic mass is 19.1. The van der Waals surface area contributed by atoms with Gasteiger partial charge in [-0.3, -0.25) is 4.79 Å². The number of halogens is 1. The molecule has 0 heterocycles. The van der Waals surface area contributed by atoms with E-state index in [0.29, 0.717) is 6.54 Å². The van der Waals surface area contributed by atoms with Crippen LogP contribution in [0.3, 0.4) is 0 Å². The second-order valence-electron chi connectivity index (χ2n) is 3.06. The first kappa shape index (κ1) is 12.2. The standard InChI is InChI=1S/C12H13FN2O/c1-2-15-12(16)10-6-5-9(4-3-7-14)11(13)8-10/h5-6,8H,2,7,14H2,1H3,(H,15,16). The summed E-state index contributed by atoms with van der Waals surface area (Å²) in [6.07, 6.45) is 0. The fourth-order valence-corrected chi connectivity index (χ4v) is 1.17. The Morgan fingerprint density at radius 1 is 1.56 bits per heavy atom. The van der Waals surface area contributed by atoms with E-state index in [1.807, 2.05) is 0 Å². The molecular formula is C12H13FN2O. The van der Waals surface area contributed by atoms with Crippen molar-refractivity contribution in [2.24, 2.45) is 5.73 Å². The largest absolute Gasteiger partial charge is 0.352 e. The van der Waals surface area contributed by atoms with Gasteiger partial charge in [0, 0.05) is 12.1 Å². The van der Waals surface area contributed by atoms with Crippen molar-refractivity contribution in [1.29, 1.82) is 0 Å². The van der Waals surface area contributed by atoms with Crippen LogP contribution in [-0.2, 0) is 0 Å². The first-order valence-electron chi connectivity index (χ1n) is 4.95. The number of nitrogens with one attached hydrogen (secondary N) is 1. The third-order valence-electron chi connectivity index (χ3n) is 1.89. The molecule has 1 aromatic carbocycles. The Bertz CT molecular complexity index is 446. The maximum atomic E-state index is 13.5. The van der Waals surface area contributed by atoms with Crippen molar-refractivity contribution in [1.82, 2.24) is 5.32 Å². The molecule has 0 saturated carbocycles. The molecule has 1 aromatic rings. The molecule has 0 aliphatic rings. The molecule has 4 heteroatoms. The Morgan fingerprint density at radius 2 is 2.31 bits per heavy atom. The van der Waals surface area contributed by atoms with Crippen LogP contribution in [0.4, 0.5) is 4.39 Å². The average Bonchev–Trinajstić information content (AvgIpc) is 2.27. The minimum Gasteiger partial charge on any atom is -0.352 e. The molecule has 0 spiro atoms. The van der Waals surface area contributed by atoms with Crippen molar-refractivity contribution >= 4 is 5.91 Å². The van der Waals surface area contributed by atoms with E-state index >= 15 is 0 Å². The Morgan fingerprint density at radius 3 is 2.88 bits per heavy atom. The summed E-state index contributed by atoms with van der Waals surface area (Å²) >= 11 is 0. The Labute approximate surface area is 93.8 Å². The highest BCUT2D eigenvalue weighted by molar-refractivity contribution is 5.94. The van der Waals surface area contributed by atoms with Crippen molar-refractivity contribution in [3.63, 3.8) is 0 Å². The zero-order chi connectivity index (χ0) is 12.0. The molecule has 0 bridgehead atoms. The van der Waals surface area contributed by atoms with Gasteiger partial charge in [0.05, 0.1) is 12.1 Å². The minimum atomic E-state index is -0.510. The highest BCUT2D eigenvalue weighted by Crippen LogP contribution is 2.09. The van der Waals surface area contributed by atoms with Crippen LogP contribution in [-0.4, -0.2) is 19.0 Å². The lowest BCUT2D eigenvalue weighted by Crippen LogP contribution is -2.22. The smallest absolute Gasteiger partial charge is 0.251 e. The van der Waals surface area contributed by atoms with Crippen LogP contribution in [0.1, 0.15) is 22.8 Å². The molecule has 0 atom stereocenters. The molecule has 0 saturated heterocycles. The van der Waals surface area contributed by atoms with E-state index in [0.717, 1.165) is 0 Å². The third-order valence-corrected chi connectivity index (χ3v) is 1.89. The van der Waals surface area contributed by atoms with Crippen LogP contribution >= 0.6 is 0 Å². The van der Waals surface area contributed by atoms with Gasteiger partial charge in [-0.2, -0.15) is 0 Å². The zero-order valence-corrected chi connectivity index (χ0v) is 9.01. The molecule has 3 N–H and O–H groups in total. The summed E-state index contributed by atoms with van der Waals surface area (Å²) in [5.74, 6) is 4.34. The molecule has 1 amide bonds. The van der Waals surface area contributed by atoms with Gasteiger partial charge in [-0.05, 0) is 25.1 Å². The molecule has 0 aliphatic carbocycles. The van der Waals surface area contributed by atoms with Crippen LogP contribution in [0.2, 0.25) is 0 Å². The van der Waals surface area contributed by atoms with Crippen LogP contribution in [0.15, 0.2) is 18.2 Å². The van der Waals surface area contributed by atoms with Crippen LogP contribution in [0, 0.1) is 17.7 Å². The molecule has 0 fully saturated rings. The van der Waals surface area contributed by atoms with Gasteiger partial charge in [0.1, 0.15) is 5.82 Å². The maximum absolute atomic E-state index is 13.5. The van der Waals surface area contributed by atoms with Crippen LogP contribution in [0.25, 0.3) is 0 Å². The first-order chi connectivity index (χ1) is 7.69. The summed E-state index contributed by atoms with van der Waals surface area (Å²) in [7, 11) is 0. The summed E-state index contributed by atoms with van der Waals surface area (Å²) in [6, 6.07) is 4.18. The third kappa shape index (κ3) is 3.07. The van der Waals surface area contributed by atoms with Gasteiger partial charge in [-0.1, -0.05) is 11.8 Å². The summed E-state index contributed by atoms with van der Waals surface area (Å²) in [5.41, 5.74) is 5.72. The zero-order valence-electron chi connectivity index (χ0n) is 9.01. The normalized spacial score (nSPS) is 9.19. The number of rotatable bonds is 2. The van der Waals surface area contributed by atoms with Crippen LogP contribution in [0.5, 0.6) is 0 Å². The van der Waals surface area contributed by atoms with E-state index in [1.165, 1.54) is 18.2 Å². The summed E-state index contributed by atoms with van der Waals surface area (Å²) in [6.45, 7) is 2.49. The van der Waals surface area contributed by atoms with Gasteiger partial charge in [0.25, 0.3) is 5.91 Å². The number of hydrogen-bond donors (Lipinski definition) is 2. The monoisotopic (exact) mass is 220 g/mol.